The molecule has 5 aromatic carbocycles. The molecule has 0 aromatic heterocycles. The molecular formula is C71H81N9O13. The smallest absolute Gasteiger partial charge is 0.407 e. The zero-order chi connectivity index (χ0) is 65.5. The van der Waals surface area contributed by atoms with Crippen LogP contribution in [0.2, 0.25) is 0 Å². The van der Waals surface area contributed by atoms with Gasteiger partial charge < -0.3 is 61.6 Å². The Balaban J connectivity index is 0.803. The lowest BCUT2D eigenvalue weighted by atomic mass is 9.94. The summed E-state index contributed by atoms with van der Waals surface area (Å²) >= 11 is 0. The van der Waals surface area contributed by atoms with Gasteiger partial charge in [0.15, 0.2) is 6.61 Å². The van der Waals surface area contributed by atoms with E-state index in [2.05, 4.69) is 37.2 Å². The second kappa shape index (κ2) is 28.5. The van der Waals surface area contributed by atoms with Crippen LogP contribution in [0, 0.1) is 23.7 Å². The minimum absolute atomic E-state index is 0.00899. The summed E-state index contributed by atoms with van der Waals surface area (Å²) in [7, 11) is 0. The number of rotatable bonds is 26. The maximum atomic E-state index is 15.1. The SMILES string of the molecule is CC(C)(C)OC(=O)NCCCC[C@H](NC(=O)CNC(=O)COc1cc(C(=O)N2C[C@@H](C(=O)N[C@H]3C[C@@H]3c3ccccc3)[C@H](C(=O)N[C@H]3C[C@@H]3c3ccccc3)C2)ccc1C(=O)N1C[C@@H](C(=O)N[C@H]2C[C@@H]2c2ccccc2)[C@H](C(=O)N[C@H]2C[C@@H]2c2ccccc2)C1)C(=O)O. The van der Waals surface area contributed by atoms with Crippen LogP contribution < -0.4 is 42.0 Å². The van der Waals surface area contributed by atoms with Crippen molar-refractivity contribution in [3.63, 3.8) is 0 Å². The predicted octanol–water partition coefficient (Wildman–Crippen LogP) is 5.51. The number of alkyl carbamates (subject to hydrolysis) is 1. The molecule has 6 fully saturated rings. The van der Waals surface area contributed by atoms with Crippen LogP contribution in [0.4, 0.5) is 4.79 Å². The number of unbranched alkanes of at least 4 members (excludes halogenated alkanes) is 1. The summed E-state index contributed by atoms with van der Waals surface area (Å²) < 4.78 is 11.3. The number of benzene rings is 5. The van der Waals surface area contributed by atoms with Crippen molar-refractivity contribution in [1.29, 1.82) is 0 Å². The van der Waals surface area contributed by atoms with Crippen molar-refractivity contribution in [2.24, 2.45) is 23.7 Å². The lowest BCUT2D eigenvalue weighted by Gasteiger charge is -2.21. The fourth-order valence-corrected chi connectivity index (χ4v) is 13.0. The number of carbonyl (C=O) groups is 10. The van der Waals surface area contributed by atoms with E-state index in [1.807, 2.05) is 121 Å². The topological polar surface area (TPSA) is 300 Å². The molecule has 0 unspecified atom stereocenters. The van der Waals surface area contributed by atoms with Gasteiger partial charge in [-0.3, -0.25) is 38.4 Å². The molecular weight excluding hydrogens is 1190 g/mol. The number of ether oxygens (including phenoxy) is 2. The summed E-state index contributed by atoms with van der Waals surface area (Å²) in [4.78, 5) is 141. The summed E-state index contributed by atoms with van der Waals surface area (Å²) in [6.45, 7) is 3.38. The van der Waals surface area contributed by atoms with Crippen LogP contribution in [0.3, 0.4) is 0 Å². The summed E-state index contributed by atoms with van der Waals surface area (Å²) in [5, 5.41) is 29.9. The molecule has 8 N–H and O–H groups in total. The minimum atomic E-state index is -1.32. The summed E-state index contributed by atoms with van der Waals surface area (Å²) in [5.74, 6) is -9.33. The van der Waals surface area contributed by atoms with E-state index in [1.165, 1.54) is 28.0 Å². The molecule has 4 saturated carbocycles. The van der Waals surface area contributed by atoms with Crippen LogP contribution in [-0.4, -0.2) is 156 Å². The molecule has 6 aliphatic rings. The minimum Gasteiger partial charge on any atom is -0.483 e. The Bertz CT molecular complexity index is 3440. The van der Waals surface area contributed by atoms with E-state index in [9.17, 15) is 48.3 Å². The summed E-state index contributed by atoms with van der Waals surface area (Å²) in [6.07, 6.45) is 2.95. The van der Waals surface area contributed by atoms with Gasteiger partial charge in [0.1, 0.15) is 17.4 Å². The first kappa shape index (κ1) is 64.9. The molecule has 0 bridgehead atoms. The molecule has 0 spiro atoms. The van der Waals surface area contributed by atoms with Crippen LogP contribution in [0.25, 0.3) is 0 Å². The van der Waals surface area contributed by atoms with E-state index >= 15 is 4.79 Å². The molecule has 4 aliphatic carbocycles. The molecule has 22 heteroatoms. The van der Waals surface area contributed by atoms with Gasteiger partial charge in [-0.15, -0.1) is 0 Å². The maximum Gasteiger partial charge on any atom is 0.407 e. The number of carboxylic acids is 1. The highest BCUT2D eigenvalue weighted by Gasteiger charge is 2.51. The van der Waals surface area contributed by atoms with E-state index in [-0.39, 0.29) is 127 Å². The van der Waals surface area contributed by atoms with Gasteiger partial charge in [0.05, 0.1) is 35.8 Å². The van der Waals surface area contributed by atoms with Crippen molar-refractivity contribution in [1.82, 2.24) is 47.0 Å². The molecule has 9 amide bonds. The van der Waals surface area contributed by atoms with Crippen LogP contribution in [0.1, 0.15) is 132 Å². The number of hydrogen-bond acceptors (Lipinski definition) is 12. The fourth-order valence-electron chi connectivity index (χ4n) is 13.0. The monoisotopic (exact) mass is 1270 g/mol. The molecule has 93 heavy (non-hydrogen) atoms. The normalized spacial score (nSPS) is 25.0. The van der Waals surface area contributed by atoms with E-state index in [0.717, 1.165) is 35.1 Å². The zero-order valence-electron chi connectivity index (χ0n) is 52.4. The van der Waals surface area contributed by atoms with Crippen molar-refractivity contribution in [3.8, 4) is 5.75 Å². The first-order valence-corrected chi connectivity index (χ1v) is 32.3. The highest BCUT2D eigenvalue weighted by atomic mass is 16.6. The average molecular weight is 1270 g/mol. The Hall–Kier alpha value is -9.60. The zero-order valence-corrected chi connectivity index (χ0v) is 52.4. The average Bonchev–Trinajstić information content (AvgIpc) is 1.68. The third-order valence-electron chi connectivity index (χ3n) is 18.4. The molecule has 11 rings (SSSR count). The standard InChI is InChI=1S/C71H81N9O13/c1-71(2,3)93-70(91)72-29-17-16-26-55(69(89)90)74-61(81)35-73-62(82)40-92-60-30-45(67(87)79-36-51(63(83)75-56-31-47(56)41-18-8-4-9-19-41)52(37-79)64(84)76-57-32-48(57)42-20-10-5-11-21-42)27-28-46(60)68(88)80-38-53(65(85)77-58-33-49(58)43-22-12-6-13-23-43)54(39-80)66(86)78-59-34-50(59)44-24-14-7-15-25-44/h4-15,18-25,27-28,30,47-59H,16-17,26,29,31-40H2,1-3H3,(H,72,91)(H,73,82)(H,74,81)(H,75,83)(H,76,84)(H,77,85)(H,78,86)(H,89,90)/t47-,48-,49-,50-,51-,52-,53-,54-,55+,56+,57+,58+,59+/m1/s1. The molecule has 13 atom stereocenters. The molecule has 2 saturated heterocycles. The first-order valence-electron chi connectivity index (χ1n) is 32.3. The number of carboxylic acid groups (broad SMARTS) is 1. The molecule has 2 heterocycles. The highest BCUT2D eigenvalue weighted by molar-refractivity contribution is 6.02. The van der Waals surface area contributed by atoms with Crippen molar-refractivity contribution in [3.05, 3.63) is 173 Å². The quantitative estimate of drug-likeness (QED) is 0.0317. The van der Waals surface area contributed by atoms with Crippen molar-refractivity contribution < 1.29 is 62.5 Å². The Morgan fingerprint density at radius 2 is 0.903 bits per heavy atom. The Morgan fingerprint density at radius 3 is 1.29 bits per heavy atom. The maximum absolute atomic E-state index is 15.1. The van der Waals surface area contributed by atoms with Gasteiger partial charge in [-0.2, -0.15) is 0 Å². The van der Waals surface area contributed by atoms with Gasteiger partial charge >= 0.3 is 12.1 Å². The Labute approximate surface area is 540 Å². The van der Waals surface area contributed by atoms with Gasteiger partial charge in [0.25, 0.3) is 17.7 Å². The van der Waals surface area contributed by atoms with E-state index in [0.29, 0.717) is 25.7 Å². The third kappa shape index (κ3) is 16.7. The van der Waals surface area contributed by atoms with Gasteiger partial charge in [-0.1, -0.05) is 121 Å². The number of likely N-dealkylation sites (tertiary alicyclic amines) is 2. The van der Waals surface area contributed by atoms with Crippen molar-refractivity contribution in [2.45, 2.75) is 125 Å². The molecule has 0 radical (unpaired) electrons. The number of nitrogens with zero attached hydrogens (tertiary/aromatic N) is 2. The Morgan fingerprint density at radius 1 is 0.505 bits per heavy atom. The Kier molecular flexibility index (Phi) is 19.9. The molecule has 2 aliphatic heterocycles. The van der Waals surface area contributed by atoms with Crippen LogP contribution in [-0.2, 0) is 38.3 Å². The predicted molar refractivity (Wildman–Crippen MR) is 341 cm³/mol. The first-order chi connectivity index (χ1) is 44.7. The van der Waals surface area contributed by atoms with E-state index in [1.54, 1.807) is 20.8 Å². The third-order valence-corrected chi connectivity index (χ3v) is 18.4. The second-order valence-corrected chi connectivity index (χ2v) is 26.5. The lowest BCUT2D eigenvalue weighted by molar-refractivity contribution is -0.142. The summed E-state index contributed by atoms with van der Waals surface area (Å²) in [6, 6.07) is 41.3. The van der Waals surface area contributed by atoms with Crippen LogP contribution in [0.15, 0.2) is 140 Å². The fraction of sp³-hybridized carbons (Fsp3) is 0.437. The summed E-state index contributed by atoms with van der Waals surface area (Å²) in [5.41, 5.74) is 3.49. The molecule has 5 aromatic rings. The number of aliphatic carboxylic acids is 1. The molecule has 488 valence electrons. The van der Waals surface area contributed by atoms with E-state index in [4.69, 9.17) is 9.47 Å². The van der Waals surface area contributed by atoms with Gasteiger partial charge in [0.2, 0.25) is 29.5 Å². The number of carbonyl (C=O) groups excluding carboxylic acids is 9. The van der Waals surface area contributed by atoms with Gasteiger partial charge in [-0.25, -0.2) is 9.59 Å². The molecule has 22 nitrogen and oxygen atoms in total. The number of nitrogens with one attached hydrogen (secondary N) is 7. The van der Waals surface area contributed by atoms with Crippen LogP contribution in [0.5, 0.6) is 5.75 Å². The number of amides is 9. The highest BCUT2D eigenvalue weighted by Crippen LogP contribution is 2.45. The van der Waals surface area contributed by atoms with Gasteiger partial charge in [-0.05, 0) is 106 Å². The van der Waals surface area contributed by atoms with Crippen LogP contribution >= 0.6 is 0 Å². The van der Waals surface area contributed by atoms with Crippen molar-refractivity contribution >= 4 is 59.3 Å². The lowest BCUT2D eigenvalue weighted by Crippen LogP contribution is -2.46. The number of hydrogen-bond donors (Lipinski definition) is 8. The van der Waals surface area contributed by atoms with Crippen molar-refractivity contribution in [2.75, 3.05) is 45.9 Å². The second-order valence-electron chi connectivity index (χ2n) is 26.5. The van der Waals surface area contributed by atoms with E-state index < -0.39 is 84.2 Å². The largest absolute Gasteiger partial charge is 0.483 e. The van der Waals surface area contributed by atoms with Gasteiger partial charge in [0, 0.05) is 86.1 Å².